The van der Waals surface area contributed by atoms with E-state index in [1.807, 2.05) is 4.90 Å². The Labute approximate surface area is 240 Å². The maximum absolute atomic E-state index is 12.9. The van der Waals surface area contributed by atoms with Gasteiger partial charge < -0.3 is 24.6 Å². The van der Waals surface area contributed by atoms with Crippen molar-refractivity contribution in [2.24, 2.45) is 10.9 Å². The molecule has 2 aliphatic heterocycles. The fourth-order valence-corrected chi connectivity index (χ4v) is 4.68. The second-order valence-electron chi connectivity index (χ2n) is 9.99. The lowest BCUT2D eigenvalue weighted by Crippen LogP contribution is -2.42. The Morgan fingerprint density at radius 1 is 0.857 bits per heavy atom. The molecule has 42 heavy (non-hydrogen) atoms. The number of carbonyl (C=O) groups excluding carboxylic acids is 3. The molecule has 2 aliphatic rings. The van der Waals surface area contributed by atoms with E-state index in [0.29, 0.717) is 49.4 Å². The summed E-state index contributed by atoms with van der Waals surface area (Å²) in [7, 11) is 0. The van der Waals surface area contributed by atoms with Crippen LogP contribution >= 0.6 is 0 Å². The molecular weight excluding hydrogens is 552 g/mol. The predicted octanol–water partition coefficient (Wildman–Crippen LogP) is 3.41. The molecule has 222 valence electrons. The summed E-state index contributed by atoms with van der Waals surface area (Å²) in [6.07, 6.45) is -0.187. The van der Waals surface area contributed by atoms with Crippen molar-refractivity contribution in [3.05, 3.63) is 79.9 Å². The minimum Gasteiger partial charge on any atom is -0.445 e. The number of nitrogens with one attached hydrogen (secondary N) is 1. The van der Waals surface area contributed by atoms with E-state index in [9.17, 15) is 34.6 Å². The number of amidine groups is 1. The van der Waals surface area contributed by atoms with Crippen LogP contribution in [-0.2, 0) is 27.5 Å². The lowest BCUT2D eigenvalue weighted by molar-refractivity contribution is -0.385. The second-order valence-corrected chi connectivity index (χ2v) is 9.99. The molecule has 3 amide bonds. The van der Waals surface area contributed by atoms with E-state index in [0.717, 1.165) is 0 Å². The highest BCUT2D eigenvalue weighted by atomic mass is 16.6. The summed E-state index contributed by atoms with van der Waals surface area (Å²) in [5.74, 6) is -0.0944. The highest BCUT2D eigenvalue weighted by Crippen LogP contribution is 2.20. The van der Waals surface area contributed by atoms with Crippen LogP contribution in [0.5, 0.6) is 0 Å². The van der Waals surface area contributed by atoms with Gasteiger partial charge in [-0.1, -0.05) is 0 Å². The number of nitro groups is 2. The largest absolute Gasteiger partial charge is 0.445 e. The van der Waals surface area contributed by atoms with Crippen molar-refractivity contribution in [3.63, 3.8) is 0 Å². The van der Waals surface area contributed by atoms with E-state index < -0.39 is 22.0 Å². The number of aliphatic imine (C=N–C) groups is 1. The van der Waals surface area contributed by atoms with Gasteiger partial charge in [-0.3, -0.25) is 25.0 Å². The molecule has 1 N–H and O–H groups in total. The summed E-state index contributed by atoms with van der Waals surface area (Å²) in [6.45, 7) is 3.22. The predicted molar refractivity (Wildman–Crippen MR) is 147 cm³/mol. The van der Waals surface area contributed by atoms with E-state index in [2.05, 4.69) is 10.3 Å². The van der Waals surface area contributed by atoms with Crippen LogP contribution < -0.4 is 5.32 Å². The summed E-state index contributed by atoms with van der Waals surface area (Å²) in [5, 5.41) is 24.5. The monoisotopic (exact) mass is 582 g/mol. The zero-order valence-corrected chi connectivity index (χ0v) is 22.8. The van der Waals surface area contributed by atoms with Gasteiger partial charge in [0.25, 0.3) is 11.4 Å². The van der Waals surface area contributed by atoms with Crippen LogP contribution in [0.15, 0.2) is 53.5 Å². The molecule has 2 saturated heterocycles. The van der Waals surface area contributed by atoms with Crippen LogP contribution in [0.1, 0.15) is 30.9 Å². The number of amides is 3. The molecule has 0 spiro atoms. The number of non-ortho nitro benzene ring substituents is 2. The normalized spacial score (nSPS) is 18.5. The zero-order valence-electron chi connectivity index (χ0n) is 22.8. The average molecular weight is 583 g/mol. The smallest absolute Gasteiger partial charge is 0.435 e. The molecule has 1 unspecified atom stereocenters. The number of nitrogens with zero attached hydrogens (tertiary/aromatic N) is 5. The van der Waals surface area contributed by atoms with Gasteiger partial charge in [0.15, 0.2) is 0 Å². The van der Waals surface area contributed by atoms with Crippen LogP contribution in [0.2, 0.25) is 0 Å². The molecule has 15 heteroatoms. The molecule has 2 aromatic rings. The number of carbonyl (C=O) groups is 3. The Bertz CT molecular complexity index is 1360. The second kappa shape index (κ2) is 13.5. The summed E-state index contributed by atoms with van der Waals surface area (Å²) in [5.41, 5.74) is 1.10. The maximum Gasteiger partial charge on any atom is 0.435 e. The van der Waals surface area contributed by atoms with Gasteiger partial charge in [-0.05, 0) is 55.2 Å². The Hall–Kier alpha value is -5.08. The molecule has 0 bridgehead atoms. The average Bonchev–Trinajstić information content (AvgIpc) is 3.66. The van der Waals surface area contributed by atoms with E-state index in [1.165, 1.54) is 53.4 Å². The molecular formula is C27H30N6O9. The fourth-order valence-electron chi connectivity index (χ4n) is 4.68. The van der Waals surface area contributed by atoms with Crippen LogP contribution in [0, 0.1) is 26.1 Å². The molecule has 2 aromatic carbocycles. The summed E-state index contributed by atoms with van der Waals surface area (Å²) in [6, 6.07) is 11.2. The van der Waals surface area contributed by atoms with Crippen LogP contribution in [-0.4, -0.2) is 75.8 Å². The molecule has 2 fully saturated rings. The molecule has 4 rings (SSSR count). The van der Waals surface area contributed by atoms with E-state index in [4.69, 9.17) is 9.47 Å². The van der Waals surface area contributed by atoms with Crippen molar-refractivity contribution in [3.8, 4) is 0 Å². The van der Waals surface area contributed by atoms with Gasteiger partial charge in [-0.25, -0.2) is 9.59 Å². The third kappa shape index (κ3) is 7.99. The van der Waals surface area contributed by atoms with Crippen LogP contribution in [0.4, 0.5) is 21.0 Å². The molecule has 0 aromatic heterocycles. The summed E-state index contributed by atoms with van der Waals surface area (Å²) < 4.78 is 10.4. The number of benzene rings is 2. The number of ether oxygens (including phenoxy) is 2. The summed E-state index contributed by atoms with van der Waals surface area (Å²) >= 11 is 0. The quantitative estimate of drug-likeness (QED) is 0.209. The first-order valence-electron chi connectivity index (χ1n) is 13.2. The van der Waals surface area contributed by atoms with Crippen molar-refractivity contribution >= 4 is 35.3 Å². The van der Waals surface area contributed by atoms with Crippen molar-refractivity contribution in [1.82, 2.24) is 15.1 Å². The third-order valence-electron chi connectivity index (χ3n) is 7.08. The maximum atomic E-state index is 12.9. The van der Waals surface area contributed by atoms with Gasteiger partial charge >= 0.3 is 12.2 Å². The van der Waals surface area contributed by atoms with E-state index >= 15 is 0 Å². The van der Waals surface area contributed by atoms with Gasteiger partial charge in [0.05, 0.1) is 15.8 Å². The number of hydrogen-bond acceptors (Lipinski definition) is 9. The third-order valence-corrected chi connectivity index (χ3v) is 7.08. The SMILES string of the molecule is CC(=NC(=O)OCc1ccc([N+](=O)[O-])cc1)N1CCC(NC(=O)[C@H]2CCN(C(=O)OCc3ccc([N+](=O)[O-])cc3)C2)C1. The topological polar surface area (TPSA) is 187 Å². The van der Waals surface area contributed by atoms with Gasteiger partial charge in [0.2, 0.25) is 5.91 Å². The minimum absolute atomic E-state index is 0.0341. The molecule has 0 radical (unpaired) electrons. The molecule has 15 nitrogen and oxygen atoms in total. The highest BCUT2D eigenvalue weighted by molar-refractivity contribution is 5.90. The minimum atomic E-state index is -0.787. The number of nitro benzene ring substituents is 2. The first-order valence-corrected chi connectivity index (χ1v) is 13.2. The Kier molecular flexibility index (Phi) is 9.62. The number of likely N-dealkylation sites (tertiary alicyclic amines) is 2. The Morgan fingerprint density at radius 2 is 1.40 bits per heavy atom. The van der Waals surface area contributed by atoms with Crippen molar-refractivity contribution < 1.29 is 33.7 Å². The first kappa shape index (κ1) is 29.9. The lowest BCUT2D eigenvalue weighted by atomic mass is 10.1. The van der Waals surface area contributed by atoms with Crippen molar-refractivity contribution in [2.75, 3.05) is 26.2 Å². The lowest BCUT2D eigenvalue weighted by Gasteiger charge is -2.20. The van der Waals surface area contributed by atoms with Crippen molar-refractivity contribution in [1.29, 1.82) is 0 Å². The van der Waals surface area contributed by atoms with Gasteiger partial charge in [0, 0.05) is 56.5 Å². The van der Waals surface area contributed by atoms with Gasteiger partial charge in [0.1, 0.15) is 19.0 Å². The fraction of sp³-hybridized carbons (Fsp3) is 0.407. The Balaban J connectivity index is 1.17. The van der Waals surface area contributed by atoms with Crippen LogP contribution in [0.3, 0.4) is 0 Å². The van der Waals surface area contributed by atoms with E-state index in [-0.39, 0.29) is 49.0 Å². The molecule has 0 saturated carbocycles. The number of hydrogen-bond donors (Lipinski definition) is 1. The zero-order chi connectivity index (χ0) is 30.2. The Morgan fingerprint density at radius 3 is 1.98 bits per heavy atom. The standard InChI is InChI=1S/C27H30N6O9/c1-18(28-26(35)41-16-19-2-6-23(7-3-19)32(37)38)30-13-11-22(15-30)29-25(34)21-10-12-31(14-21)27(36)42-17-20-4-8-24(9-5-20)33(39)40/h2-9,21-22H,10-17H2,1H3,(H,29,34)/t21-,22?/m0/s1. The molecule has 2 atom stereocenters. The first-order chi connectivity index (χ1) is 20.1. The van der Waals surface area contributed by atoms with Gasteiger partial charge in [-0.2, -0.15) is 4.99 Å². The van der Waals surface area contributed by atoms with Crippen molar-refractivity contribution in [2.45, 2.75) is 39.0 Å². The van der Waals surface area contributed by atoms with Crippen LogP contribution in [0.25, 0.3) is 0 Å². The number of rotatable bonds is 8. The molecule has 2 heterocycles. The van der Waals surface area contributed by atoms with E-state index in [1.54, 1.807) is 6.92 Å². The summed E-state index contributed by atoms with van der Waals surface area (Å²) in [4.78, 5) is 65.3. The molecule has 0 aliphatic carbocycles. The van der Waals surface area contributed by atoms with Gasteiger partial charge in [-0.15, -0.1) is 0 Å². The highest BCUT2D eigenvalue weighted by Gasteiger charge is 2.34.